The zero-order chi connectivity index (χ0) is 17.8. The Morgan fingerprint density at radius 2 is 1.44 bits per heavy atom. The summed E-state index contributed by atoms with van der Waals surface area (Å²) in [5, 5.41) is 2.84. The first-order valence-corrected chi connectivity index (χ1v) is 8.97. The zero-order valence-electron chi connectivity index (χ0n) is 14.0. The number of hydrogen-bond donors (Lipinski definition) is 1. The first kappa shape index (κ1) is 17.6. The van der Waals surface area contributed by atoms with Crippen molar-refractivity contribution in [2.24, 2.45) is 0 Å². The topological polar surface area (TPSA) is 52.6 Å². The predicted octanol–water partition coefficient (Wildman–Crippen LogP) is 3.09. The van der Waals surface area contributed by atoms with E-state index in [1.165, 1.54) is 0 Å². The summed E-state index contributed by atoms with van der Waals surface area (Å²) < 4.78 is 0.927. The van der Waals surface area contributed by atoms with Gasteiger partial charge in [0.2, 0.25) is 0 Å². The van der Waals surface area contributed by atoms with Crippen LogP contribution < -0.4 is 5.32 Å². The maximum Gasteiger partial charge on any atom is 0.255 e. The number of nitrogens with one attached hydrogen (secondary N) is 1. The van der Waals surface area contributed by atoms with Gasteiger partial charge in [0.25, 0.3) is 11.8 Å². The summed E-state index contributed by atoms with van der Waals surface area (Å²) in [7, 11) is 2.06. The van der Waals surface area contributed by atoms with Gasteiger partial charge in [0.05, 0.1) is 0 Å². The van der Waals surface area contributed by atoms with Gasteiger partial charge in [0, 0.05) is 47.5 Å². The third-order valence-electron chi connectivity index (χ3n) is 4.29. The molecule has 1 saturated heterocycles. The van der Waals surface area contributed by atoms with Gasteiger partial charge in [-0.1, -0.05) is 15.9 Å². The Balaban J connectivity index is 1.63. The molecule has 0 radical (unpaired) electrons. The Morgan fingerprint density at radius 3 is 2.04 bits per heavy atom. The highest BCUT2D eigenvalue weighted by Crippen LogP contribution is 2.15. The van der Waals surface area contributed by atoms with Crippen LogP contribution in [0.25, 0.3) is 0 Å². The molecule has 2 aromatic rings. The second kappa shape index (κ2) is 7.80. The van der Waals surface area contributed by atoms with Crippen molar-refractivity contribution < 1.29 is 9.59 Å². The van der Waals surface area contributed by atoms with Crippen LogP contribution in [0.3, 0.4) is 0 Å². The van der Waals surface area contributed by atoms with E-state index in [9.17, 15) is 9.59 Å². The van der Waals surface area contributed by atoms with Gasteiger partial charge in [0.1, 0.15) is 0 Å². The lowest BCUT2D eigenvalue weighted by molar-refractivity contribution is 0.0664. The van der Waals surface area contributed by atoms with Gasteiger partial charge in [-0.05, 0) is 55.6 Å². The highest BCUT2D eigenvalue weighted by atomic mass is 79.9. The summed E-state index contributed by atoms with van der Waals surface area (Å²) in [6.45, 7) is 3.29. The van der Waals surface area contributed by atoms with Crippen molar-refractivity contribution >= 4 is 33.4 Å². The van der Waals surface area contributed by atoms with E-state index in [4.69, 9.17) is 0 Å². The number of halogens is 1. The fourth-order valence-corrected chi connectivity index (χ4v) is 2.96. The molecule has 6 heteroatoms. The highest BCUT2D eigenvalue weighted by Gasteiger charge is 2.20. The number of anilines is 1. The molecule has 130 valence electrons. The first-order chi connectivity index (χ1) is 12.0. The Morgan fingerprint density at radius 1 is 0.880 bits per heavy atom. The fraction of sp³-hybridized carbons (Fsp3) is 0.263. The lowest BCUT2D eigenvalue weighted by Gasteiger charge is -2.32. The Kier molecular flexibility index (Phi) is 5.50. The van der Waals surface area contributed by atoms with Gasteiger partial charge in [0.15, 0.2) is 0 Å². The van der Waals surface area contributed by atoms with Crippen molar-refractivity contribution in [3.63, 3.8) is 0 Å². The fourth-order valence-electron chi connectivity index (χ4n) is 2.69. The minimum absolute atomic E-state index is 0.0406. The normalized spacial score (nSPS) is 15.0. The largest absolute Gasteiger partial charge is 0.336 e. The summed E-state index contributed by atoms with van der Waals surface area (Å²) in [4.78, 5) is 28.8. The number of likely N-dealkylation sites (N-methyl/N-ethyl adjacent to an activating group) is 1. The number of benzene rings is 2. The van der Waals surface area contributed by atoms with E-state index in [0.29, 0.717) is 16.8 Å². The number of rotatable bonds is 3. The molecule has 5 nitrogen and oxygen atoms in total. The van der Waals surface area contributed by atoms with E-state index in [1.807, 2.05) is 17.0 Å². The molecule has 1 aliphatic rings. The van der Waals surface area contributed by atoms with E-state index < -0.39 is 0 Å². The number of carbonyl (C=O) groups excluding carboxylic acids is 2. The van der Waals surface area contributed by atoms with Crippen molar-refractivity contribution in [1.29, 1.82) is 0 Å². The summed E-state index contributed by atoms with van der Waals surface area (Å²) >= 11 is 3.35. The van der Waals surface area contributed by atoms with Gasteiger partial charge in [-0.25, -0.2) is 0 Å². The molecular weight excluding hydrogens is 382 g/mol. The molecule has 1 N–H and O–H groups in total. The second-order valence-electron chi connectivity index (χ2n) is 6.13. The van der Waals surface area contributed by atoms with Crippen LogP contribution in [0.2, 0.25) is 0 Å². The van der Waals surface area contributed by atoms with E-state index in [-0.39, 0.29) is 11.8 Å². The van der Waals surface area contributed by atoms with E-state index in [2.05, 4.69) is 33.2 Å². The summed E-state index contributed by atoms with van der Waals surface area (Å²) in [5.41, 5.74) is 1.90. The van der Waals surface area contributed by atoms with Crippen LogP contribution in [0, 0.1) is 0 Å². The van der Waals surface area contributed by atoms with Crippen molar-refractivity contribution in [3.8, 4) is 0 Å². The van der Waals surface area contributed by atoms with Gasteiger partial charge in [-0.3, -0.25) is 9.59 Å². The van der Waals surface area contributed by atoms with Gasteiger partial charge >= 0.3 is 0 Å². The number of hydrogen-bond acceptors (Lipinski definition) is 3. The minimum Gasteiger partial charge on any atom is -0.336 e. The maximum atomic E-state index is 12.5. The van der Waals surface area contributed by atoms with Crippen molar-refractivity contribution in [2.45, 2.75) is 0 Å². The lowest BCUT2D eigenvalue weighted by Crippen LogP contribution is -2.47. The lowest BCUT2D eigenvalue weighted by atomic mass is 10.1. The third-order valence-corrected chi connectivity index (χ3v) is 4.82. The van der Waals surface area contributed by atoms with Crippen molar-refractivity contribution in [2.75, 3.05) is 38.5 Å². The second-order valence-corrected chi connectivity index (χ2v) is 7.05. The molecule has 0 aliphatic carbocycles. The molecule has 1 aliphatic heterocycles. The molecular formula is C19H20BrN3O2. The monoisotopic (exact) mass is 401 g/mol. The number of nitrogens with zero attached hydrogens (tertiary/aromatic N) is 2. The molecule has 2 aromatic carbocycles. The Bertz CT molecular complexity index is 751. The van der Waals surface area contributed by atoms with Crippen molar-refractivity contribution in [3.05, 3.63) is 64.1 Å². The average Bonchev–Trinajstić information content (AvgIpc) is 2.63. The molecule has 1 heterocycles. The van der Waals surface area contributed by atoms with Crippen LogP contribution in [-0.2, 0) is 0 Å². The molecule has 0 atom stereocenters. The molecule has 0 bridgehead atoms. The van der Waals surface area contributed by atoms with Crippen LogP contribution in [-0.4, -0.2) is 54.8 Å². The first-order valence-electron chi connectivity index (χ1n) is 8.18. The van der Waals surface area contributed by atoms with Crippen LogP contribution >= 0.6 is 15.9 Å². The van der Waals surface area contributed by atoms with Crippen LogP contribution in [0.4, 0.5) is 5.69 Å². The molecule has 25 heavy (non-hydrogen) atoms. The summed E-state index contributed by atoms with van der Waals surface area (Å²) in [6.07, 6.45) is 0. The minimum atomic E-state index is -0.175. The number of carbonyl (C=O) groups is 2. The summed E-state index contributed by atoms with van der Waals surface area (Å²) in [6, 6.07) is 14.2. The maximum absolute atomic E-state index is 12.5. The number of amides is 2. The van der Waals surface area contributed by atoms with Gasteiger partial charge in [-0.2, -0.15) is 0 Å². The molecule has 0 saturated carbocycles. The van der Waals surface area contributed by atoms with Crippen molar-refractivity contribution in [1.82, 2.24) is 9.80 Å². The molecule has 3 rings (SSSR count). The quantitative estimate of drug-likeness (QED) is 0.859. The van der Waals surface area contributed by atoms with Crippen LogP contribution in [0.1, 0.15) is 20.7 Å². The molecule has 0 aromatic heterocycles. The Hall–Kier alpha value is -2.18. The summed E-state index contributed by atoms with van der Waals surface area (Å²) in [5.74, 6) is -0.135. The zero-order valence-corrected chi connectivity index (χ0v) is 15.6. The smallest absolute Gasteiger partial charge is 0.255 e. The van der Waals surface area contributed by atoms with Crippen LogP contribution in [0.5, 0.6) is 0 Å². The molecule has 1 fully saturated rings. The molecule has 0 spiro atoms. The molecule has 2 amide bonds. The van der Waals surface area contributed by atoms with Crippen LogP contribution in [0.15, 0.2) is 53.0 Å². The van der Waals surface area contributed by atoms with E-state index >= 15 is 0 Å². The van der Waals surface area contributed by atoms with E-state index in [1.54, 1.807) is 36.4 Å². The van der Waals surface area contributed by atoms with Gasteiger partial charge < -0.3 is 15.1 Å². The SMILES string of the molecule is CN1CCN(C(=O)c2ccc(NC(=O)c3ccc(Br)cc3)cc2)CC1. The molecule has 0 unspecified atom stereocenters. The highest BCUT2D eigenvalue weighted by molar-refractivity contribution is 9.10. The number of piperazine rings is 1. The van der Waals surface area contributed by atoms with Gasteiger partial charge in [-0.15, -0.1) is 0 Å². The third kappa shape index (κ3) is 4.46. The average molecular weight is 402 g/mol. The Labute approximate surface area is 155 Å². The standard InChI is InChI=1S/C19H20BrN3O2/c1-22-10-12-23(13-11-22)19(25)15-4-8-17(9-5-15)21-18(24)14-2-6-16(20)7-3-14/h2-9H,10-13H2,1H3,(H,21,24). The van der Waals surface area contributed by atoms with E-state index in [0.717, 1.165) is 30.7 Å². The predicted molar refractivity (Wildman–Crippen MR) is 102 cm³/mol.